The number of aromatic nitrogens is 4. The minimum absolute atomic E-state index is 0.177. The van der Waals surface area contributed by atoms with Gasteiger partial charge in [-0.05, 0) is 6.92 Å². The normalized spacial score (nSPS) is 28.9. The molecule has 23 heavy (non-hydrogen) atoms. The van der Waals surface area contributed by atoms with Crippen LogP contribution in [0.15, 0.2) is 15.9 Å². The molecule has 3 atom stereocenters. The molecule has 9 heteroatoms. The molecule has 3 N–H and O–H groups in total. The number of nitrogens with one attached hydrogen (secondary N) is 1. The molecular formula is C14H21N5O4. The number of aliphatic hydroxyl groups excluding tert-OH is 1. The van der Waals surface area contributed by atoms with Crippen molar-refractivity contribution in [3.05, 3.63) is 27.2 Å². The molecule has 0 unspecified atom stereocenters. The molecule has 126 valence electrons. The summed E-state index contributed by atoms with van der Waals surface area (Å²) >= 11 is 0. The van der Waals surface area contributed by atoms with Crippen LogP contribution in [0.3, 0.4) is 0 Å². The predicted molar refractivity (Wildman–Crippen MR) is 83.4 cm³/mol. The van der Waals surface area contributed by atoms with Crippen molar-refractivity contribution in [2.45, 2.75) is 31.1 Å². The monoisotopic (exact) mass is 323 g/mol. The maximum Gasteiger partial charge on any atom is 0.332 e. The van der Waals surface area contributed by atoms with Crippen molar-refractivity contribution >= 4 is 11.2 Å². The lowest BCUT2D eigenvalue weighted by Crippen LogP contribution is -2.42. The van der Waals surface area contributed by atoms with Crippen LogP contribution in [0, 0.1) is 0 Å². The first kappa shape index (κ1) is 15.9. The van der Waals surface area contributed by atoms with Gasteiger partial charge in [0.25, 0.3) is 5.56 Å². The summed E-state index contributed by atoms with van der Waals surface area (Å²) < 4.78 is 3.93. The van der Waals surface area contributed by atoms with E-state index >= 15 is 0 Å². The first-order valence-corrected chi connectivity index (χ1v) is 7.47. The lowest BCUT2D eigenvalue weighted by Gasteiger charge is -2.32. The zero-order valence-electron chi connectivity index (χ0n) is 13.4. The van der Waals surface area contributed by atoms with E-state index in [1.165, 1.54) is 17.9 Å². The Hall–Kier alpha value is -1.97. The first-order valence-electron chi connectivity index (χ1n) is 7.47. The molecule has 0 spiro atoms. The lowest BCUT2D eigenvalue weighted by atomic mass is 9.91. The van der Waals surface area contributed by atoms with E-state index in [1.807, 2.05) is 0 Å². The average Bonchev–Trinajstić information content (AvgIpc) is 2.85. The van der Waals surface area contributed by atoms with Crippen molar-refractivity contribution in [3.63, 3.8) is 0 Å². The summed E-state index contributed by atoms with van der Waals surface area (Å²) in [5, 5.41) is 23.7. The molecule has 2 aromatic rings. The van der Waals surface area contributed by atoms with Crippen molar-refractivity contribution in [2.24, 2.45) is 14.1 Å². The largest absolute Gasteiger partial charge is 0.392 e. The predicted octanol–water partition coefficient (Wildman–Crippen LogP) is -1.92. The highest BCUT2D eigenvalue weighted by Gasteiger charge is 2.38. The van der Waals surface area contributed by atoms with Gasteiger partial charge in [-0.1, -0.05) is 0 Å². The maximum absolute atomic E-state index is 12.5. The Morgan fingerprint density at radius 2 is 2.00 bits per heavy atom. The van der Waals surface area contributed by atoms with Gasteiger partial charge >= 0.3 is 5.69 Å². The molecule has 2 aromatic heterocycles. The Bertz CT molecular complexity index is 862. The molecular weight excluding hydrogens is 302 g/mol. The third kappa shape index (κ3) is 2.41. The van der Waals surface area contributed by atoms with Gasteiger partial charge in [-0.3, -0.25) is 13.9 Å². The molecule has 9 nitrogen and oxygen atoms in total. The lowest BCUT2D eigenvalue weighted by molar-refractivity contribution is -0.0212. The Morgan fingerprint density at radius 1 is 1.30 bits per heavy atom. The van der Waals surface area contributed by atoms with Crippen molar-refractivity contribution in [2.75, 3.05) is 13.1 Å². The Labute approximate surface area is 131 Å². The number of aliphatic hydroxyl groups is 2. The zero-order valence-corrected chi connectivity index (χ0v) is 13.4. The quantitative estimate of drug-likeness (QED) is 0.564. The van der Waals surface area contributed by atoms with Crippen LogP contribution in [0.1, 0.15) is 19.4 Å². The van der Waals surface area contributed by atoms with Crippen LogP contribution in [0.2, 0.25) is 0 Å². The molecule has 3 heterocycles. The van der Waals surface area contributed by atoms with E-state index in [2.05, 4.69) is 10.3 Å². The first-order chi connectivity index (χ1) is 10.7. The number of imidazole rings is 1. The van der Waals surface area contributed by atoms with Crippen LogP contribution in [-0.2, 0) is 14.1 Å². The van der Waals surface area contributed by atoms with Crippen molar-refractivity contribution in [1.29, 1.82) is 0 Å². The molecule has 1 aliphatic rings. The van der Waals surface area contributed by atoms with E-state index in [1.54, 1.807) is 18.5 Å². The van der Waals surface area contributed by atoms with Crippen LogP contribution in [0.4, 0.5) is 0 Å². The standard InChI is InChI=1S/C14H21N5O4/c1-14(23)4-8(20)5-15-6-9(14)19-7-16-11-10(19)12(21)18(3)13(22)17(11)2/h7-9,15,20,23H,4-6H2,1-3H3/t8-,9+,14+/m0/s1. The topological polar surface area (TPSA) is 114 Å². The fraction of sp³-hybridized carbons (Fsp3) is 0.643. The zero-order chi connectivity index (χ0) is 16.9. The number of aryl methyl sites for hydroxylation is 1. The fourth-order valence-corrected chi connectivity index (χ4v) is 3.29. The summed E-state index contributed by atoms with van der Waals surface area (Å²) in [6.07, 6.45) is 0.970. The summed E-state index contributed by atoms with van der Waals surface area (Å²) in [4.78, 5) is 28.7. The molecule has 3 rings (SSSR count). The second-order valence-electron chi connectivity index (χ2n) is 6.42. The maximum atomic E-state index is 12.5. The molecule has 0 bridgehead atoms. The number of hydrogen-bond acceptors (Lipinski definition) is 6. The SMILES string of the molecule is Cn1c(=O)c2c(ncn2[C@@H]2CNC[C@@H](O)C[C@@]2(C)O)n(C)c1=O. The van der Waals surface area contributed by atoms with Crippen LogP contribution in [-0.4, -0.2) is 53.7 Å². The van der Waals surface area contributed by atoms with Gasteiger partial charge in [0.1, 0.15) is 0 Å². The van der Waals surface area contributed by atoms with Crippen molar-refractivity contribution < 1.29 is 10.2 Å². The third-order valence-corrected chi connectivity index (χ3v) is 4.59. The molecule has 0 amide bonds. The summed E-state index contributed by atoms with van der Waals surface area (Å²) in [7, 11) is 2.96. The smallest absolute Gasteiger partial charge is 0.332 e. The highest BCUT2D eigenvalue weighted by atomic mass is 16.3. The minimum Gasteiger partial charge on any atom is -0.392 e. The average molecular weight is 323 g/mol. The Morgan fingerprint density at radius 3 is 2.70 bits per heavy atom. The minimum atomic E-state index is -1.23. The van der Waals surface area contributed by atoms with Gasteiger partial charge in [0.2, 0.25) is 0 Å². The highest BCUT2D eigenvalue weighted by Crippen LogP contribution is 2.30. The molecule has 1 aliphatic heterocycles. The van der Waals surface area contributed by atoms with Gasteiger partial charge in [0.05, 0.1) is 24.1 Å². The number of fused-ring (bicyclic) bond motifs is 1. The van der Waals surface area contributed by atoms with Crippen LogP contribution >= 0.6 is 0 Å². The van der Waals surface area contributed by atoms with E-state index < -0.39 is 29.0 Å². The fourth-order valence-electron chi connectivity index (χ4n) is 3.29. The summed E-state index contributed by atoms with van der Waals surface area (Å²) in [5.74, 6) is 0. The van der Waals surface area contributed by atoms with E-state index in [0.717, 1.165) is 4.57 Å². The van der Waals surface area contributed by atoms with Gasteiger partial charge in [0, 0.05) is 33.6 Å². The second kappa shape index (κ2) is 5.29. The Kier molecular flexibility index (Phi) is 3.66. The molecule has 1 saturated heterocycles. The Balaban J connectivity index is 2.25. The van der Waals surface area contributed by atoms with E-state index in [9.17, 15) is 19.8 Å². The highest BCUT2D eigenvalue weighted by molar-refractivity contribution is 5.70. The van der Waals surface area contributed by atoms with Crippen molar-refractivity contribution in [3.8, 4) is 0 Å². The summed E-state index contributed by atoms with van der Waals surface area (Å²) in [5.41, 5.74) is -1.59. The summed E-state index contributed by atoms with van der Waals surface area (Å²) in [6, 6.07) is -0.491. The number of rotatable bonds is 1. The number of nitrogens with zero attached hydrogens (tertiary/aromatic N) is 4. The van der Waals surface area contributed by atoms with Crippen LogP contribution in [0.25, 0.3) is 11.2 Å². The molecule has 0 saturated carbocycles. The van der Waals surface area contributed by atoms with Gasteiger partial charge in [-0.15, -0.1) is 0 Å². The number of hydrogen-bond donors (Lipinski definition) is 3. The van der Waals surface area contributed by atoms with Gasteiger partial charge in [-0.25, -0.2) is 9.78 Å². The van der Waals surface area contributed by atoms with Gasteiger partial charge < -0.3 is 20.1 Å². The van der Waals surface area contributed by atoms with Gasteiger partial charge in [0.15, 0.2) is 11.2 Å². The second-order valence-corrected chi connectivity index (χ2v) is 6.42. The summed E-state index contributed by atoms with van der Waals surface area (Å²) in [6.45, 7) is 2.38. The molecule has 1 fully saturated rings. The third-order valence-electron chi connectivity index (χ3n) is 4.59. The van der Waals surface area contributed by atoms with Crippen LogP contribution < -0.4 is 16.6 Å². The van der Waals surface area contributed by atoms with E-state index in [-0.39, 0.29) is 17.6 Å². The molecule has 0 aliphatic carbocycles. The van der Waals surface area contributed by atoms with Gasteiger partial charge in [-0.2, -0.15) is 0 Å². The van der Waals surface area contributed by atoms with Crippen molar-refractivity contribution in [1.82, 2.24) is 24.0 Å². The molecule has 0 radical (unpaired) electrons. The van der Waals surface area contributed by atoms with Crippen LogP contribution in [0.5, 0.6) is 0 Å². The molecule has 0 aromatic carbocycles. The van der Waals surface area contributed by atoms with E-state index in [4.69, 9.17) is 0 Å². The number of β-amino-alcohol motifs (C(OH)–C–C–N with tert-alkyl or cyclic N) is 1. The van der Waals surface area contributed by atoms with E-state index in [0.29, 0.717) is 13.1 Å².